The minimum absolute atomic E-state index is 0.0901. The van der Waals surface area contributed by atoms with Gasteiger partial charge >= 0.3 is 0 Å². The maximum Gasteiger partial charge on any atom is 0.253 e. The first-order valence-corrected chi connectivity index (χ1v) is 8.90. The van der Waals surface area contributed by atoms with Crippen LogP contribution in [0.15, 0.2) is 57.4 Å². The van der Waals surface area contributed by atoms with Crippen LogP contribution in [0, 0.1) is 0 Å². The lowest BCUT2D eigenvalue weighted by molar-refractivity contribution is 0.0706. The summed E-state index contributed by atoms with van der Waals surface area (Å²) in [5, 5.41) is 0. The Kier molecular flexibility index (Phi) is 4.10. The number of hydrogen-bond donors (Lipinski definition) is 0. The van der Waals surface area contributed by atoms with Crippen molar-refractivity contribution in [3.8, 4) is 0 Å². The summed E-state index contributed by atoms with van der Waals surface area (Å²) in [7, 11) is 0. The molecule has 1 amide bonds. The number of carbonyl (C=O) groups excluding carboxylic acids is 1. The predicted octanol–water partition coefficient (Wildman–Crippen LogP) is 4.61. The summed E-state index contributed by atoms with van der Waals surface area (Å²) < 4.78 is 6.81. The zero-order valence-electron chi connectivity index (χ0n) is 13.1. The Balaban J connectivity index is 1.45. The van der Waals surface area contributed by atoms with Crippen LogP contribution < -0.4 is 0 Å². The van der Waals surface area contributed by atoms with E-state index in [-0.39, 0.29) is 11.8 Å². The van der Waals surface area contributed by atoms with E-state index in [9.17, 15) is 4.79 Å². The van der Waals surface area contributed by atoms with Crippen molar-refractivity contribution >= 4 is 32.9 Å². The minimum atomic E-state index is 0.0901. The highest BCUT2D eigenvalue weighted by atomic mass is 79.9. The number of piperidine rings is 1. The number of carbonyl (C=O) groups is 1. The Morgan fingerprint density at radius 3 is 2.67 bits per heavy atom. The van der Waals surface area contributed by atoms with Gasteiger partial charge in [-0.3, -0.25) is 4.79 Å². The molecular weight excluding hydrogens is 368 g/mol. The van der Waals surface area contributed by atoms with Crippen molar-refractivity contribution in [1.29, 1.82) is 0 Å². The molecular formula is C19H17BrN2O2. The fourth-order valence-electron chi connectivity index (χ4n) is 3.20. The molecule has 3 aromatic rings. The number of likely N-dealkylation sites (tertiary alicyclic amines) is 1. The second-order valence-electron chi connectivity index (χ2n) is 6.10. The normalized spacial score (nSPS) is 15.8. The molecule has 4 nitrogen and oxygen atoms in total. The quantitative estimate of drug-likeness (QED) is 0.647. The molecule has 0 unspecified atom stereocenters. The monoisotopic (exact) mass is 384 g/mol. The number of aromatic nitrogens is 1. The molecule has 1 aliphatic rings. The number of nitrogens with zero attached hydrogens (tertiary/aromatic N) is 2. The van der Waals surface area contributed by atoms with E-state index in [1.54, 1.807) is 0 Å². The molecule has 2 heterocycles. The van der Waals surface area contributed by atoms with Gasteiger partial charge in [0.25, 0.3) is 5.91 Å². The maximum absolute atomic E-state index is 12.6. The van der Waals surface area contributed by atoms with Crippen molar-refractivity contribution in [3.63, 3.8) is 0 Å². The van der Waals surface area contributed by atoms with Crippen LogP contribution in [0.1, 0.15) is 35.0 Å². The van der Waals surface area contributed by atoms with E-state index in [2.05, 4.69) is 20.9 Å². The Morgan fingerprint density at radius 1 is 1.12 bits per heavy atom. The van der Waals surface area contributed by atoms with Gasteiger partial charge in [0, 0.05) is 29.0 Å². The highest BCUT2D eigenvalue weighted by Gasteiger charge is 2.27. The number of hydrogen-bond acceptors (Lipinski definition) is 3. The molecule has 0 radical (unpaired) electrons. The van der Waals surface area contributed by atoms with Gasteiger partial charge in [-0.2, -0.15) is 0 Å². The molecule has 1 aliphatic heterocycles. The van der Waals surface area contributed by atoms with Crippen LogP contribution in [-0.4, -0.2) is 28.9 Å². The lowest BCUT2D eigenvalue weighted by Gasteiger charge is -2.30. The molecule has 5 heteroatoms. The van der Waals surface area contributed by atoms with Gasteiger partial charge in [0.05, 0.1) is 0 Å². The van der Waals surface area contributed by atoms with Crippen LogP contribution in [0.2, 0.25) is 0 Å². The molecule has 2 aromatic carbocycles. The van der Waals surface area contributed by atoms with Gasteiger partial charge in [-0.15, -0.1) is 0 Å². The van der Waals surface area contributed by atoms with E-state index in [0.29, 0.717) is 0 Å². The fraction of sp³-hybridized carbons (Fsp3) is 0.263. The van der Waals surface area contributed by atoms with E-state index >= 15 is 0 Å². The van der Waals surface area contributed by atoms with Gasteiger partial charge in [-0.05, 0) is 43.2 Å². The summed E-state index contributed by atoms with van der Waals surface area (Å²) in [6.07, 6.45) is 1.76. The Morgan fingerprint density at radius 2 is 1.92 bits per heavy atom. The summed E-state index contributed by atoms with van der Waals surface area (Å²) in [5.41, 5.74) is 2.46. The van der Waals surface area contributed by atoms with Crippen LogP contribution in [0.25, 0.3) is 11.1 Å². The Hall–Kier alpha value is -2.14. The van der Waals surface area contributed by atoms with Gasteiger partial charge in [0.2, 0.25) is 0 Å². The van der Waals surface area contributed by atoms with E-state index in [0.717, 1.165) is 53.0 Å². The molecule has 24 heavy (non-hydrogen) atoms. The third-order valence-electron chi connectivity index (χ3n) is 4.51. The van der Waals surface area contributed by atoms with Crippen LogP contribution in [0.4, 0.5) is 0 Å². The standard InChI is InChI=1S/C19H17BrN2O2/c20-15-5-3-4-14(12-15)19(23)22-10-8-13(9-11-22)18-21-16-6-1-2-7-17(16)24-18/h1-7,12-13H,8-11H2. The first kappa shape index (κ1) is 15.4. The highest BCUT2D eigenvalue weighted by Crippen LogP contribution is 2.30. The summed E-state index contributed by atoms with van der Waals surface area (Å²) in [4.78, 5) is 19.1. The number of halogens is 1. The average molecular weight is 385 g/mol. The fourth-order valence-corrected chi connectivity index (χ4v) is 3.60. The van der Waals surface area contributed by atoms with Gasteiger partial charge in [-0.25, -0.2) is 4.98 Å². The van der Waals surface area contributed by atoms with E-state index in [1.165, 1.54) is 0 Å². The molecule has 1 aromatic heterocycles. The van der Waals surface area contributed by atoms with E-state index < -0.39 is 0 Å². The molecule has 4 rings (SSSR count). The Labute approximate surface area is 148 Å². The zero-order valence-corrected chi connectivity index (χ0v) is 14.7. The van der Waals surface area contributed by atoms with Crippen LogP contribution in [-0.2, 0) is 0 Å². The topological polar surface area (TPSA) is 46.3 Å². The van der Waals surface area contributed by atoms with Crippen molar-refractivity contribution < 1.29 is 9.21 Å². The maximum atomic E-state index is 12.6. The average Bonchev–Trinajstić information content (AvgIpc) is 3.05. The summed E-state index contributed by atoms with van der Waals surface area (Å²) in [6.45, 7) is 1.46. The molecule has 0 aliphatic carbocycles. The molecule has 0 atom stereocenters. The van der Waals surface area contributed by atoms with Crippen LogP contribution >= 0.6 is 15.9 Å². The van der Waals surface area contributed by atoms with E-state index in [4.69, 9.17) is 4.42 Å². The second kappa shape index (κ2) is 6.40. The molecule has 1 fully saturated rings. The molecule has 0 N–H and O–H groups in total. The van der Waals surface area contributed by atoms with Crippen molar-refractivity contribution in [2.45, 2.75) is 18.8 Å². The first-order chi connectivity index (χ1) is 11.7. The summed E-state index contributed by atoms with van der Waals surface area (Å²) in [6, 6.07) is 15.4. The number of rotatable bonds is 2. The SMILES string of the molecule is O=C(c1cccc(Br)c1)N1CCC(c2nc3ccccc3o2)CC1. The first-order valence-electron chi connectivity index (χ1n) is 8.11. The van der Waals surface area contributed by atoms with Crippen LogP contribution in [0.3, 0.4) is 0 Å². The number of oxazole rings is 1. The lowest BCUT2D eigenvalue weighted by Crippen LogP contribution is -2.38. The predicted molar refractivity (Wildman–Crippen MR) is 96.0 cm³/mol. The van der Waals surface area contributed by atoms with Gasteiger partial charge in [-0.1, -0.05) is 34.1 Å². The highest BCUT2D eigenvalue weighted by molar-refractivity contribution is 9.10. The largest absolute Gasteiger partial charge is 0.440 e. The molecule has 0 spiro atoms. The number of benzene rings is 2. The lowest BCUT2D eigenvalue weighted by atomic mass is 9.96. The smallest absolute Gasteiger partial charge is 0.253 e. The van der Waals surface area contributed by atoms with Gasteiger partial charge in [0.15, 0.2) is 11.5 Å². The molecule has 1 saturated heterocycles. The second-order valence-corrected chi connectivity index (χ2v) is 7.01. The van der Waals surface area contributed by atoms with Gasteiger partial charge < -0.3 is 9.32 Å². The number of amides is 1. The van der Waals surface area contributed by atoms with Crippen molar-refractivity contribution in [1.82, 2.24) is 9.88 Å². The van der Waals surface area contributed by atoms with Crippen LogP contribution in [0.5, 0.6) is 0 Å². The summed E-state index contributed by atoms with van der Waals surface area (Å²) in [5.74, 6) is 1.17. The third kappa shape index (κ3) is 2.96. The zero-order chi connectivity index (χ0) is 16.5. The minimum Gasteiger partial charge on any atom is -0.440 e. The van der Waals surface area contributed by atoms with Crippen molar-refractivity contribution in [3.05, 3.63) is 64.5 Å². The van der Waals surface area contributed by atoms with Crippen molar-refractivity contribution in [2.75, 3.05) is 13.1 Å². The number of para-hydroxylation sites is 2. The Bertz CT molecular complexity index is 849. The van der Waals surface area contributed by atoms with Crippen molar-refractivity contribution in [2.24, 2.45) is 0 Å². The molecule has 0 saturated carbocycles. The summed E-state index contributed by atoms with van der Waals surface area (Å²) >= 11 is 3.42. The number of fused-ring (bicyclic) bond motifs is 1. The molecule has 122 valence electrons. The third-order valence-corrected chi connectivity index (χ3v) is 5.01. The van der Waals surface area contributed by atoms with E-state index in [1.807, 2.05) is 53.4 Å². The molecule has 0 bridgehead atoms. The van der Waals surface area contributed by atoms with Gasteiger partial charge in [0.1, 0.15) is 5.52 Å².